The molecule has 24 heavy (non-hydrogen) atoms. The van der Waals surface area contributed by atoms with E-state index in [9.17, 15) is 4.79 Å². The van der Waals surface area contributed by atoms with Gasteiger partial charge in [-0.2, -0.15) is 0 Å². The van der Waals surface area contributed by atoms with Gasteiger partial charge in [-0.1, -0.05) is 49.4 Å². The van der Waals surface area contributed by atoms with Crippen molar-refractivity contribution in [3.05, 3.63) is 29.8 Å². The van der Waals surface area contributed by atoms with Crippen LogP contribution in [0.15, 0.2) is 29.4 Å². The summed E-state index contributed by atoms with van der Waals surface area (Å²) in [7, 11) is 0. The van der Waals surface area contributed by atoms with Gasteiger partial charge in [-0.15, -0.1) is 10.2 Å². The topological polar surface area (TPSA) is 59.8 Å². The Labute approximate surface area is 148 Å². The van der Waals surface area contributed by atoms with Crippen LogP contribution in [0.3, 0.4) is 0 Å². The Kier molecular flexibility index (Phi) is 6.43. The summed E-state index contributed by atoms with van der Waals surface area (Å²) in [5.41, 5.74) is 2.24. The largest absolute Gasteiger partial charge is 0.355 e. The SMILES string of the molecule is CCn1c(SC(C)C(=O)NCC(C)C)nnc1-c1cccc(C)c1. The van der Waals surface area contributed by atoms with Crippen molar-refractivity contribution in [2.45, 2.75) is 51.6 Å². The van der Waals surface area contributed by atoms with E-state index < -0.39 is 0 Å². The van der Waals surface area contributed by atoms with Gasteiger partial charge in [-0.3, -0.25) is 4.79 Å². The minimum absolute atomic E-state index is 0.0384. The number of amides is 1. The number of carbonyl (C=O) groups is 1. The second-order valence-electron chi connectivity index (χ2n) is 6.32. The van der Waals surface area contributed by atoms with Crippen molar-refractivity contribution in [3.8, 4) is 11.4 Å². The van der Waals surface area contributed by atoms with Gasteiger partial charge in [0.2, 0.25) is 5.91 Å². The molecular formula is C18H26N4OS. The highest BCUT2D eigenvalue weighted by Gasteiger charge is 2.20. The molecule has 6 heteroatoms. The average Bonchev–Trinajstić information content (AvgIpc) is 2.95. The number of nitrogens with zero attached hydrogens (tertiary/aromatic N) is 3. The second kappa shape index (κ2) is 8.33. The Bertz CT molecular complexity index is 696. The van der Waals surface area contributed by atoms with E-state index in [1.165, 1.54) is 17.3 Å². The van der Waals surface area contributed by atoms with Gasteiger partial charge in [0.1, 0.15) is 0 Å². The number of benzene rings is 1. The Morgan fingerprint density at radius 2 is 2.04 bits per heavy atom. The standard InChI is InChI=1S/C18H26N4OS/c1-6-22-16(15-9-7-8-13(4)10-15)20-21-18(22)24-14(5)17(23)19-11-12(2)3/h7-10,12,14H,6,11H2,1-5H3,(H,19,23). The summed E-state index contributed by atoms with van der Waals surface area (Å²) in [4.78, 5) is 12.2. The van der Waals surface area contributed by atoms with Crippen molar-refractivity contribution in [2.75, 3.05) is 6.54 Å². The monoisotopic (exact) mass is 346 g/mol. The first-order valence-electron chi connectivity index (χ1n) is 8.37. The van der Waals surface area contributed by atoms with E-state index in [1.807, 2.05) is 19.1 Å². The highest BCUT2D eigenvalue weighted by Crippen LogP contribution is 2.27. The number of hydrogen-bond acceptors (Lipinski definition) is 4. The van der Waals surface area contributed by atoms with Crippen molar-refractivity contribution in [3.63, 3.8) is 0 Å². The zero-order chi connectivity index (χ0) is 17.7. The quantitative estimate of drug-likeness (QED) is 0.779. The fraction of sp³-hybridized carbons (Fsp3) is 0.500. The van der Waals surface area contributed by atoms with Crippen LogP contribution in [0.25, 0.3) is 11.4 Å². The fourth-order valence-electron chi connectivity index (χ4n) is 2.32. The van der Waals surface area contributed by atoms with E-state index in [2.05, 4.69) is 59.9 Å². The van der Waals surface area contributed by atoms with E-state index in [0.29, 0.717) is 12.5 Å². The number of aromatic nitrogens is 3. The Balaban J connectivity index is 2.16. The average molecular weight is 347 g/mol. The molecule has 1 unspecified atom stereocenters. The summed E-state index contributed by atoms with van der Waals surface area (Å²) in [6.45, 7) is 11.7. The summed E-state index contributed by atoms with van der Waals surface area (Å²) in [6.07, 6.45) is 0. The molecule has 0 fully saturated rings. The van der Waals surface area contributed by atoms with Crippen molar-refractivity contribution >= 4 is 17.7 Å². The van der Waals surface area contributed by atoms with Gasteiger partial charge in [-0.25, -0.2) is 0 Å². The van der Waals surface area contributed by atoms with Crippen LogP contribution in [-0.4, -0.2) is 32.5 Å². The predicted molar refractivity (Wildman–Crippen MR) is 99.0 cm³/mol. The fourth-order valence-corrected chi connectivity index (χ4v) is 3.26. The van der Waals surface area contributed by atoms with E-state index in [1.54, 1.807) is 0 Å². The molecule has 2 rings (SSSR count). The number of hydrogen-bond donors (Lipinski definition) is 1. The molecule has 0 aliphatic rings. The highest BCUT2D eigenvalue weighted by atomic mass is 32.2. The highest BCUT2D eigenvalue weighted by molar-refractivity contribution is 8.00. The molecule has 0 bridgehead atoms. The molecule has 2 aromatic rings. The van der Waals surface area contributed by atoms with Gasteiger partial charge in [-0.05, 0) is 32.8 Å². The van der Waals surface area contributed by atoms with Gasteiger partial charge in [0, 0.05) is 18.7 Å². The lowest BCUT2D eigenvalue weighted by molar-refractivity contribution is -0.120. The summed E-state index contributed by atoms with van der Waals surface area (Å²) in [5, 5.41) is 12.2. The van der Waals surface area contributed by atoms with Crippen LogP contribution in [0.2, 0.25) is 0 Å². The summed E-state index contributed by atoms with van der Waals surface area (Å²) < 4.78 is 2.06. The molecule has 0 radical (unpaired) electrons. The van der Waals surface area contributed by atoms with Crippen molar-refractivity contribution in [1.82, 2.24) is 20.1 Å². The Morgan fingerprint density at radius 3 is 2.67 bits per heavy atom. The number of rotatable bonds is 7. The van der Waals surface area contributed by atoms with E-state index in [-0.39, 0.29) is 11.2 Å². The van der Waals surface area contributed by atoms with Crippen LogP contribution >= 0.6 is 11.8 Å². The van der Waals surface area contributed by atoms with Crippen molar-refractivity contribution in [1.29, 1.82) is 0 Å². The number of aryl methyl sites for hydroxylation is 1. The van der Waals surface area contributed by atoms with Crippen LogP contribution in [0.1, 0.15) is 33.3 Å². The molecule has 1 heterocycles. The molecule has 1 aromatic heterocycles. The molecule has 0 spiro atoms. The summed E-state index contributed by atoms with van der Waals surface area (Å²) in [5.74, 6) is 1.33. The lowest BCUT2D eigenvalue weighted by Crippen LogP contribution is -2.33. The second-order valence-corrected chi connectivity index (χ2v) is 7.63. The third-order valence-electron chi connectivity index (χ3n) is 3.65. The Hall–Kier alpha value is -1.82. The molecule has 0 saturated heterocycles. The van der Waals surface area contributed by atoms with E-state index >= 15 is 0 Å². The lowest BCUT2D eigenvalue weighted by atomic mass is 10.1. The molecule has 0 aliphatic heterocycles. The zero-order valence-electron chi connectivity index (χ0n) is 15.0. The molecule has 1 amide bonds. The molecule has 0 aliphatic carbocycles. The first-order valence-corrected chi connectivity index (χ1v) is 9.25. The smallest absolute Gasteiger partial charge is 0.233 e. The Morgan fingerprint density at radius 1 is 1.29 bits per heavy atom. The van der Waals surface area contributed by atoms with Crippen LogP contribution in [0.5, 0.6) is 0 Å². The summed E-state index contributed by atoms with van der Waals surface area (Å²) >= 11 is 1.45. The van der Waals surface area contributed by atoms with Crippen LogP contribution < -0.4 is 5.32 Å². The first kappa shape index (κ1) is 18.5. The van der Waals surface area contributed by atoms with Crippen molar-refractivity contribution < 1.29 is 4.79 Å². The molecule has 0 saturated carbocycles. The molecule has 1 N–H and O–H groups in total. The van der Waals surface area contributed by atoms with Gasteiger partial charge < -0.3 is 9.88 Å². The number of thioether (sulfide) groups is 1. The van der Waals surface area contributed by atoms with Gasteiger partial charge in [0.25, 0.3) is 0 Å². The molecule has 5 nitrogen and oxygen atoms in total. The van der Waals surface area contributed by atoms with Crippen LogP contribution in [-0.2, 0) is 11.3 Å². The van der Waals surface area contributed by atoms with Gasteiger partial charge in [0.05, 0.1) is 5.25 Å². The normalized spacial score (nSPS) is 12.4. The van der Waals surface area contributed by atoms with E-state index in [4.69, 9.17) is 0 Å². The van der Waals surface area contributed by atoms with E-state index in [0.717, 1.165) is 23.1 Å². The first-order chi connectivity index (χ1) is 11.4. The maximum absolute atomic E-state index is 12.2. The molecular weight excluding hydrogens is 320 g/mol. The molecule has 1 atom stereocenters. The maximum atomic E-state index is 12.2. The van der Waals surface area contributed by atoms with Gasteiger partial charge in [0.15, 0.2) is 11.0 Å². The predicted octanol–water partition coefficient (Wildman–Crippen LogP) is 3.53. The van der Waals surface area contributed by atoms with Crippen molar-refractivity contribution in [2.24, 2.45) is 5.92 Å². The maximum Gasteiger partial charge on any atom is 0.233 e. The number of carbonyl (C=O) groups excluding carboxylic acids is 1. The third-order valence-corrected chi connectivity index (χ3v) is 4.73. The zero-order valence-corrected chi connectivity index (χ0v) is 15.9. The van der Waals surface area contributed by atoms with Crippen LogP contribution in [0, 0.1) is 12.8 Å². The minimum atomic E-state index is -0.205. The molecule has 1 aromatic carbocycles. The number of nitrogens with one attached hydrogen (secondary N) is 1. The third kappa shape index (κ3) is 4.60. The van der Waals surface area contributed by atoms with Crippen LogP contribution in [0.4, 0.5) is 0 Å². The molecule has 130 valence electrons. The lowest BCUT2D eigenvalue weighted by Gasteiger charge is -2.13. The minimum Gasteiger partial charge on any atom is -0.355 e. The van der Waals surface area contributed by atoms with Gasteiger partial charge >= 0.3 is 0 Å². The summed E-state index contributed by atoms with van der Waals surface area (Å²) in [6, 6.07) is 8.22.